The third-order valence-corrected chi connectivity index (χ3v) is 5.66. The number of hydrogen-bond donors (Lipinski definition) is 3. The number of carbonyl (C=O) groups is 1. The van der Waals surface area contributed by atoms with Crippen molar-refractivity contribution in [2.45, 2.75) is 42.7 Å². The molecule has 1 aliphatic heterocycles. The molecule has 0 spiro atoms. The molecule has 27 heavy (non-hydrogen) atoms. The maximum atomic E-state index is 11.9. The summed E-state index contributed by atoms with van der Waals surface area (Å²) in [7, 11) is -4.01. The van der Waals surface area contributed by atoms with Crippen molar-refractivity contribution in [3.8, 4) is 0 Å². The lowest BCUT2D eigenvalue weighted by molar-refractivity contribution is -0.384. The maximum Gasteiger partial charge on any atom is 0.293 e. The van der Waals surface area contributed by atoms with Gasteiger partial charge in [0, 0.05) is 31.2 Å². The topological polar surface area (TPSA) is 148 Å². The van der Waals surface area contributed by atoms with E-state index in [9.17, 15) is 23.3 Å². The Labute approximate surface area is 157 Å². The van der Waals surface area contributed by atoms with Gasteiger partial charge in [0.05, 0.1) is 16.4 Å². The lowest BCUT2D eigenvalue weighted by Gasteiger charge is -2.32. The van der Waals surface area contributed by atoms with Crippen LogP contribution in [0.5, 0.6) is 0 Å². The van der Waals surface area contributed by atoms with Crippen molar-refractivity contribution in [1.29, 1.82) is 0 Å². The number of benzene rings is 1. The highest BCUT2D eigenvalue weighted by atomic mass is 32.2. The van der Waals surface area contributed by atoms with E-state index in [0.29, 0.717) is 25.7 Å². The molecule has 4 N–H and O–H groups in total. The first kappa shape index (κ1) is 19.5. The standard InChI is InChI=1S/C16H23N5O5S/c17-27(25,26)13-3-4-14(15(9-13)21(23)24)18-12-5-7-20(8-6-12)10-16(22)19-11-1-2-11/h3-4,9,11-12,18H,1-2,5-8,10H2,(H,19,22)(H2,17,25,26). The van der Waals surface area contributed by atoms with Gasteiger partial charge in [0.1, 0.15) is 5.69 Å². The van der Waals surface area contributed by atoms with Crippen molar-refractivity contribution in [1.82, 2.24) is 10.2 Å². The molecule has 1 heterocycles. The van der Waals surface area contributed by atoms with Gasteiger partial charge in [-0.05, 0) is 37.8 Å². The predicted octanol–water partition coefficient (Wildman–Crippen LogP) is 0.397. The van der Waals surface area contributed by atoms with E-state index in [-0.39, 0.29) is 28.2 Å². The molecule has 0 atom stereocenters. The molecule has 1 aliphatic carbocycles. The van der Waals surface area contributed by atoms with Crippen LogP contribution in [0, 0.1) is 10.1 Å². The van der Waals surface area contributed by atoms with Crippen molar-refractivity contribution >= 4 is 27.3 Å². The lowest BCUT2D eigenvalue weighted by atomic mass is 10.0. The van der Waals surface area contributed by atoms with Crippen molar-refractivity contribution < 1.29 is 18.1 Å². The highest BCUT2D eigenvalue weighted by Crippen LogP contribution is 2.29. The first-order valence-corrected chi connectivity index (χ1v) is 10.4. The molecule has 0 bridgehead atoms. The molecule has 1 amide bonds. The quantitative estimate of drug-likeness (QED) is 0.445. The minimum atomic E-state index is -4.01. The van der Waals surface area contributed by atoms with Crippen LogP contribution >= 0.6 is 0 Å². The van der Waals surface area contributed by atoms with E-state index in [1.807, 2.05) is 0 Å². The van der Waals surface area contributed by atoms with Crippen LogP contribution in [0.2, 0.25) is 0 Å². The second kappa shape index (κ2) is 7.79. The third-order valence-electron chi connectivity index (χ3n) is 4.75. The minimum Gasteiger partial charge on any atom is -0.377 e. The zero-order valence-corrected chi connectivity index (χ0v) is 15.6. The summed E-state index contributed by atoms with van der Waals surface area (Å²) in [5, 5.41) is 22.4. The zero-order chi connectivity index (χ0) is 19.6. The molecule has 10 nitrogen and oxygen atoms in total. The fraction of sp³-hybridized carbons (Fsp3) is 0.562. The number of nitro benzene ring substituents is 1. The molecule has 1 saturated carbocycles. The van der Waals surface area contributed by atoms with Gasteiger partial charge >= 0.3 is 0 Å². The molecule has 1 aromatic rings. The Morgan fingerprint density at radius 3 is 2.44 bits per heavy atom. The second-order valence-electron chi connectivity index (χ2n) is 7.02. The Bertz CT molecular complexity index is 832. The second-order valence-corrected chi connectivity index (χ2v) is 8.58. The van der Waals surface area contributed by atoms with Crippen LogP contribution < -0.4 is 15.8 Å². The molecular weight excluding hydrogens is 374 g/mol. The first-order valence-electron chi connectivity index (χ1n) is 8.82. The third kappa shape index (κ3) is 5.37. The molecule has 2 fully saturated rings. The first-order chi connectivity index (χ1) is 12.7. The summed E-state index contributed by atoms with van der Waals surface area (Å²) >= 11 is 0. The number of piperidine rings is 1. The summed E-state index contributed by atoms with van der Waals surface area (Å²) in [6, 6.07) is 3.94. The van der Waals surface area contributed by atoms with Gasteiger partial charge in [-0.2, -0.15) is 0 Å². The van der Waals surface area contributed by atoms with Crippen LogP contribution in [0.15, 0.2) is 23.1 Å². The van der Waals surface area contributed by atoms with Crippen LogP contribution in [0.3, 0.4) is 0 Å². The molecule has 148 valence electrons. The van der Waals surface area contributed by atoms with Crippen molar-refractivity contribution in [2.24, 2.45) is 5.14 Å². The largest absolute Gasteiger partial charge is 0.377 e. The van der Waals surface area contributed by atoms with E-state index in [0.717, 1.165) is 31.7 Å². The number of likely N-dealkylation sites (tertiary alicyclic amines) is 1. The molecule has 3 rings (SSSR count). The fourth-order valence-corrected chi connectivity index (χ4v) is 3.65. The average molecular weight is 397 g/mol. The summed E-state index contributed by atoms with van der Waals surface area (Å²) in [5.74, 6) is 0.0399. The van der Waals surface area contributed by atoms with Gasteiger partial charge in [-0.1, -0.05) is 0 Å². The van der Waals surface area contributed by atoms with E-state index in [2.05, 4.69) is 15.5 Å². The Kier molecular flexibility index (Phi) is 5.63. The van der Waals surface area contributed by atoms with Crippen LogP contribution in [0.4, 0.5) is 11.4 Å². The summed E-state index contributed by atoms with van der Waals surface area (Å²) < 4.78 is 22.8. The molecule has 2 aliphatic rings. The minimum absolute atomic E-state index is 0.00627. The number of carbonyl (C=O) groups excluding carboxylic acids is 1. The number of hydrogen-bond acceptors (Lipinski definition) is 7. The van der Waals surface area contributed by atoms with E-state index in [1.54, 1.807) is 0 Å². The van der Waals surface area contributed by atoms with Gasteiger partial charge in [0.25, 0.3) is 5.69 Å². The average Bonchev–Trinajstić information content (AvgIpc) is 3.39. The number of nitrogens with zero attached hydrogens (tertiary/aromatic N) is 2. The monoisotopic (exact) mass is 397 g/mol. The smallest absolute Gasteiger partial charge is 0.293 e. The van der Waals surface area contributed by atoms with Crippen molar-refractivity contribution in [3.63, 3.8) is 0 Å². The number of anilines is 1. The van der Waals surface area contributed by atoms with Gasteiger partial charge in [-0.25, -0.2) is 13.6 Å². The summed E-state index contributed by atoms with van der Waals surface area (Å²) in [6.07, 6.45) is 3.57. The Morgan fingerprint density at radius 2 is 1.89 bits per heavy atom. The van der Waals surface area contributed by atoms with Crippen molar-refractivity contribution in [2.75, 3.05) is 25.0 Å². The Morgan fingerprint density at radius 1 is 1.22 bits per heavy atom. The van der Waals surface area contributed by atoms with Crippen LogP contribution in [0.1, 0.15) is 25.7 Å². The molecule has 0 unspecified atom stereocenters. The number of rotatable bonds is 7. The predicted molar refractivity (Wildman–Crippen MR) is 98.7 cm³/mol. The summed E-state index contributed by atoms with van der Waals surface area (Å²) in [4.78, 5) is 24.3. The van der Waals surface area contributed by atoms with Gasteiger partial charge in [0.2, 0.25) is 15.9 Å². The van der Waals surface area contributed by atoms with Crippen molar-refractivity contribution in [3.05, 3.63) is 28.3 Å². The molecule has 11 heteroatoms. The number of nitrogens with one attached hydrogen (secondary N) is 2. The van der Waals surface area contributed by atoms with E-state index < -0.39 is 14.9 Å². The number of sulfonamides is 1. The summed E-state index contributed by atoms with van der Waals surface area (Å²) in [6.45, 7) is 1.78. The fourth-order valence-electron chi connectivity index (χ4n) is 3.12. The SMILES string of the molecule is NS(=O)(=O)c1ccc(NC2CCN(CC(=O)NC3CC3)CC2)c([N+](=O)[O-])c1. The van der Waals surface area contributed by atoms with Gasteiger partial charge in [0.15, 0.2) is 0 Å². The normalized spacial score (nSPS) is 18.9. The Balaban J connectivity index is 1.58. The highest BCUT2D eigenvalue weighted by molar-refractivity contribution is 7.89. The zero-order valence-electron chi connectivity index (χ0n) is 14.8. The number of nitrogens with two attached hydrogens (primary N) is 1. The molecule has 0 radical (unpaired) electrons. The molecule has 1 saturated heterocycles. The Hall–Kier alpha value is -2.24. The van der Waals surface area contributed by atoms with E-state index in [4.69, 9.17) is 5.14 Å². The molecule has 1 aromatic carbocycles. The maximum absolute atomic E-state index is 11.9. The molecular formula is C16H23N5O5S. The van der Waals surface area contributed by atoms with Crippen LogP contribution in [0.25, 0.3) is 0 Å². The molecule has 0 aromatic heterocycles. The summed E-state index contributed by atoms with van der Waals surface area (Å²) in [5.41, 5.74) is -0.0647. The number of nitro groups is 1. The van der Waals surface area contributed by atoms with Gasteiger partial charge in [-0.15, -0.1) is 0 Å². The van der Waals surface area contributed by atoms with E-state index >= 15 is 0 Å². The van der Waals surface area contributed by atoms with Crippen LogP contribution in [-0.4, -0.2) is 55.9 Å². The lowest BCUT2D eigenvalue weighted by Crippen LogP contribution is -2.44. The van der Waals surface area contributed by atoms with E-state index in [1.165, 1.54) is 12.1 Å². The number of primary sulfonamides is 1. The van der Waals surface area contributed by atoms with Crippen LogP contribution in [-0.2, 0) is 14.8 Å². The highest BCUT2D eigenvalue weighted by Gasteiger charge is 2.27. The van der Waals surface area contributed by atoms with Gasteiger partial charge in [-0.3, -0.25) is 19.8 Å². The van der Waals surface area contributed by atoms with Gasteiger partial charge < -0.3 is 10.6 Å². The number of amides is 1.